The highest BCUT2D eigenvalue weighted by atomic mass is 79.9. The van der Waals surface area contributed by atoms with E-state index in [-0.39, 0.29) is 0 Å². The Hall–Kier alpha value is -0.990. The van der Waals surface area contributed by atoms with Crippen molar-refractivity contribution in [2.24, 2.45) is 0 Å². The zero-order chi connectivity index (χ0) is 12.3. The maximum Gasteiger partial charge on any atom is 0.131 e. The lowest BCUT2D eigenvalue weighted by Gasteiger charge is -2.10. The smallest absolute Gasteiger partial charge is 0.131 e. The average Bonchev–Trinajstić information content (AvgIpc) is 2.31. The van der Waals surface area contributed by atoms with Crippen LogP contribution in [0.3, 0.4) is 0 Å². The van der Waals surface area contributed by atoms with E-state index in [0.29, 0.717) is 5.02 Å². The minimum absolute atomic E-state index is 0.676. The van der Waals surface area contributed by atoms with Gasteiger partial charge >= 0.3 is 0 Å². The van der Waals surface area contributed by atoms with E-state index in [4.69, 9.17) is 16.3 Å². The van der Waals surface area contributed by atoms with Crippen LogP contribution in [0.4, 0.5) is 0 Å². The van der Waals surface area contributed by atoms with Crippen LogP contribution in [0, 0.1) is 6.92 Å². The fourth-order valence-electron chi connectivity index (χ4n) is 1.57. The summed E-state index contributed by atoms with van der Waals surface area (Å²) in [4.78, 5) is 0. The minimum Gasteiger partial charge on any atom is -0.457 e. The van der Waals surface area contributed by atoms with Crippen molar-refractivity contribution in [2.75, 3.05) is 0 Å². The first-order valence-corrected chi connectivity index (χ1v) is 6.78. The largest absolute Gasteiger partial charge is 0.457 e. The third-order valence-corrected chi connectivity index (χ3v) is 3.22. The highest BCUT2D eigenvalue weighted by Gasteiger charge is 2.04. The molecule has 0 aliphatic heterocycles. The van der Waals surface area contributed by atoms with Crippen molar-refractivity contribution in [3.05, 3.63) is 58.6 Å². The molecule has 2 rings (SSSR count). The lowest BCUT2D eigenvalue weighted by Crippen LogP contribution is -1.90. The van der Waals surface area contributed by atoms with E-state index in [1.54, 1.807) is 6.07 Å². The Bertz CT molecular complexity index is 525. The van der Waals surface area contributed by atoms with Gasteiger partial charge < -0.3 is 4.74 Å². The van der Waals surface area contributed by atoms with Gasteiger partial charge in [0, 0.05) is 15.9 Å². The second-order valence-corrected chi connectivity index (χ2v) is 4.80. The molecule has 3 heteroatoms. The fourth-order valence-corrected chi connectivity index (χ4v) is 2.19. The topological polar surface area (TPSA) is 9.23 Å². The van der Waals surface area contributed by atoms with E-state index in [2.05, 4.69) is 28.9 Å². The standard InChI is InChI=1S/C14H12BrClO/c1-10-5-6-14(11(7-10)9-15)17-13-4-2-3-12(16)8-13/h2-8H,9H2,1H3. The van der Waals surface area contributed by atoms with Crippen LogP contribution < -0.4 is 4.74 Å². The SMILES string of the molecule is Cc1ccc(Oc2cccc(Cl)c2)c(CBr)c1. The van der Waals surface area contributed by atoms with Gasteiger partial charge in [-0.3, -0.25) is 0 Å². The maximum absolute atomic E-state index is 5.92. The molecule has 0 amide bonds. The number of halogens is 2. The molecular formula is C14H12BrClO. The Morgan fingerprint density at radius 1 is 1.18 bits per heavy atom. The summed E-state index contributed by atoms with van der Waals surface area (Å²) < 4.78 is 5.82. The van der Waals surface area contributed by atoms with E-state index in [1.807, 2.05) is 30.3 Å². The molecule has 2 aromatic rings. The van der Waals surface area contributed by atoms with Crippen LogP contribution in [0.5, 0.6) is 11.5 Å². The quantitative estimate of drug-likeness (QED) is 0.696. The predicted octanol–water partition coefficient (Wildman–Crippen LogP) is 5.34. The van der Waals surface area contributed by atoms with Crippen LogP contribution in [0.2, 0.25) is 5.02 Å². The number of rotatable bonds is 3. The molecule has 0 atom stereocenters. The van der Waals surface area contributed by atoms with Crippen molar-refractivity contribution in [1.82, 2.24) is 0 Å². The zero-order valence-electron chi connectivity index (χ0n) is 9.41. The molecule has 0 aromatic heterocycles. The van der Waals surface area contributed by atoms with Crippen LogP contribution in [0.1, 0.15) is 11.1 Å². The number of hydrogen-bond acceptors (Lipinski definition) is 1. The average molecular weight is 312 g/mol. The van der Waals surface area contributed by atoms with E-state index in [9.17, 15) is 0 Å². The molecule has 1 nitrogen and oxygen atoms in total. The second kappa shape index (κ2) is 5.56. The molecule has 0 saturated heterocycles. The van der Waals surface area contributed by atoms with Gasteiger partial charge in [0.25, 0.3) is 0 Å². The van der Waals surface area contributed by atoms with Crippen molar-refractivity contribution < 1.29 is 4.74 Å². The third-order valence-electron chi connectivity index (χ3n) is 2.38. The first-order valence-electron chi connectivity index (χ1n) is 5.28. The maximum atomic E-state index is 5.92. The summed E-state index contributed by atoms with van der Waals surface area (Å²) in [6, 6.07) is 13.5. The number of alkyl halides is 1. The molecule has 0 aliphatic rings. The van der Waals surface area contributed by atoms with Crippen molar-refractivity contribution >= 4 is 27.5 Å². The lowest BCUT2D eigenvalue weighted by atomic mass is 10.1. The molecule has 0 fully saturated rings. The fraction of sp³-hybridized carbons (Fsp3) is 0.143. The van der Waals surface area contributed by atoms with Crippen LogP contribution in [0.15, 0.2) is 42.5 Å². The molecular weight excluding hydrogens is 300 g/mol. The number of aryl methyl sites for hydroxylation is 1. The van der Waals surface area contributed by atoms with Crippen molar-refractivity contribution in [3.63, 3.8) is 0 Å². The number of ether oxygens (including phenoxy) is 1. The molecule has 0 heterocycles. The van der Waals surface area contributed by atoms with Crippen LogP contribution in [-0.2, 0) is 5.33 Å². The molecule has 0 aliphatic carbocycles. The molecule has 0 spiro atoms. The van der Waals surface area contributed by atoms with Gasteiger partial charge in [-0.2, -0.15) is 0 Å². The highest BCUT2D eigenvalue weighted by molar-refractivity contribution is 9.08. The lowest BCUT2D eigenvalue weighted by molar-refractivity contribution is 0.478. The summed E-state index contributed by atoms with van der Waals surface area (Å²) in [7, 11) is 0. The van der Waals surface area contributed by atoms with Crippen molar-refractivity contribution in [3.8, 4) is 11.5 Å². The van der Waals surface area contributed by atoms with Crippen LogP contribution in [-0.4, -0.2) is 0 Å². The molecule has 0 N–H and O–H groups in total. The monoisotopic (exact) mass is 310 g/mol. The van der Waals surface area contributed by atoms with Crippen LogP contribution in [0.25, 0.3) is 0 Å². The van der Waals surface area contributed by atoms with E-state index < -0.39 is 0 Å². The number of hydrogen-bond donors (Lipinski definition) is 0. The molecule has 17 heavy (non-hydrogen) atoms. The van der Waals surface area contributed by atoms with E-state index in [0.717, 1.165) is 22.4 Å². The zero-order valence-corrected chi connectivity index (χ0v) is 11.8. The van der Waals surface area contributed by atoms with Gasteiger partial charge in [-0.1, -0.05) is 51.3 Å². The molecule has 88 valence electrons. The van der Waals surface area contributed by atoms with Crippen LogP contribution >= 0.6 is 27.5 Å². The first kappa shape index (κ1) is 12.5. The molecule has 2 aromatic carbocycles. The minimum atomic E-state index is 0.676. The van der Waals surface area contributed by atoms with Gasteiger partial charge in [-0.05, 0) is 31.2 Å². The van der Waals surface area contributed by atoms with Gasteiger partial charge in [-0.25, -0.2) is 0 Å². The Labute approximate surface area is 115 Å². The van der Waals surface area contributed by atoms with E-state index >= 15 is 0 Å². The summed E-state index contributed by atoms with van der Waals surface area (Å²) in [5.41, 5.74) is 2.35. The summed E-state index contributed by atoms with van der Waals surface area (Å²) in [6.07, 6.45) is 0. The Kier molecular flexibility index (Phi) is 4.08. The Morgan fingerprint density at radius 3 is 2.71 bits per heavy atom. The molecule has 0 saturated carbocycles. The molecule has 0 unspecified atom stereocenters. The van der Waals surface area contributed by atoms with Crippen molar-refractivity contribution in [2.45, 2.75) is 12.3 Å². The van der Waals surface area contributed by atoms with Gasteiger partial charge in [0.15, 0.2) is 0 Å². The summed E-state index contributed by atoms with van der Waals surface area (Å²) >= 11 is 9.38. The van der Waals surface area contributed by atoms with Gasteiger partial charge in [0.1, 0.15) is 11.5 Å². The Balaban J connectivity index is 2.29. The highest BCUT2D eigenvalue weighted by Crippen LogP contribution is 2.29. The molecule has 0 radical (unpaired) electrons. The van der Waals surface area contributed by atoms with Gasteiger partial charge in [-0.15, -0.1) is 0 Å². The first-order chi connectivity index (χ1) is 8.19. The molecule has 0 bridgehead atoms. The van der Waals surface area contributed by atoms with E-state index in [1.165, 1.54) is 5.56 Å². The van der Waals surface area contributed by atoms with Crippen molar-refractivity contribution in [1.29, 1.82) is 0 Å². The third kappa shape index (κ3) is 3.24. The van der Waals surface area contributed by atoms with Gasteiger partial charge in [0.05, 0.1) is 0 Å². The second-order valence-electron chi connectivity index (χ2n) is 3.80. The summed E-state index contributed by atoms with van der Waals surface area (Å²) in [5, 5.41) is 1.44. The Morgan fingerprint density at radius 2 is 2.00 bits per heavy atom. The number of benzene rings is 2. The van der Waals surface area contributed by atoms with Gasteiger partial charge in [0.2, 0.25) is 0 Å². The summed E-state index contributed by atoms with van der Waals surface area (Å²) in [5.74, 6) is 1.61. The normalized spacial score (nSPS) is 10.3. The predicted molar refractivity (Wildman–Crippen MR) is 75.3 cm³/mol. The summed E-state index contributed by atoms with van der Waals surface area (Å²) in [6.45, 7) is 2.06.